The van der Waals surface area contributed by atoms with Crippen LogP contribution in [0.1, 0.15) is 17.4 Å². The van der Waals surface area contributed by atoms with Crippen LogP contribution in [0.2, 0.25) is 0 Å². The van der Waals surface area contributed by atoms with Crippen LogP contribution in [0.25, 0.3) is 0 Å². The van der Waals surface area contributed by atoms with Crippen LogP contribution in [0.4, 0.5) is 19.0 Å². The molecule has 0 fully saturated rings. The molecular weight excluding hydrogens is 297 g/mol. The van der Waals surface area contributed by atoms with Gasteiger partial charge in [-0.25, -0.2) is 10.8 Å². The number of nitrogens with one attached hydrogen (secondary N) is 1. The molecule has 2 amide bonds. The Bertz CT molecular complexity index is 476. The lowest BCUT2D eigenvalue weighted by Crippen LogP contribution is -2.38. The first-order chi connectivity index (χ1) is 9.54. The van der Waals surface area contributed by atoms with Gasteiger partial charge in [0.2, 0.25) is 5.91 Å². The van der Waals surface area contributed by atoms with Crippen molar-refractivity contribution in [2.45, 2.75) is 13.3 Å². The second-order valence-electron chi connectivity index (χ2n) is 3.53. The fraction of sp³-hybridized carbons (Fsp3) is 0.444. The van der Waals surface area contributed by atoms with Gasteiger partial charge in [-0.3, -0.25) is 19.3 Å². The van der Waals surface area contributed by atoms with Crippen molar-refractivity contribution in [3.63, 3.8) is 0 Å². The number of anilines is 1. The highest BCUT2D eigenvalue weighted by molar-refractivity contribution is 5.94. The number of amides is 2. The zero-order chi connectivity index (χ0) is 16.6. The molecule has 1 aromatic rings. The number of nitrogen functional groups attached to an aromatic ring is 1. The van der Waals surface area contributed by atoms with Crippen LogP contribution in [0.15, 0.2) is 6.33 Å². The summed E-state index contributed by atoms with van der Waals surface area (Å²) in [6, 6.07) is 0. The molecule has 21 heavy (non-hydrogen) atoms. The van der Waals surface area contributed by atoms with Crippen LogP contribution in [-0.4, -0.2) is 46.3 Å². The number of hydrogen-bond acceptors (Lipinski definition) is 6. The predicted molar refractivity (Wildman–Crippen MR) is 65.1 cm³/mol. The van der Waals surface area contributed by atoms with Crippen molar-refractivity contribution < 1.29 is 27.5 Å². The molecule has 0 aliphatic carbocycles. The topological polar surface area (TPSA) is 153 Å². The molecule has 0 aromatic carbocycles. The monoisotopic (exact) mass is 312 g/mol. The van der Waals surface area contributed by atoms with E-state index in [0.29, 0.717) is 5.01 Å². The number of hydrazine groups is 1. The minimum absolute atomic E-state index is 0.141. The smallest absolute Gasteiger partial charge is 0.382 e. The van der Waals surface area contributed by atoms with Crippen LogP contribution in [0, 0.1) is 0 Å². The number of hydrogen-bond donors (Lipinski definition) is 4. The number of rotatable bonds is 4. The molecule has 1 heterocycles. The Kier molecular flexibility index (Phi) is 7.16. The summed E-state index contributed by atoms with van der Waals surface area (Å²) in [7, 11) is 0. The maximum absolute atomic E-state index is 11.3. The van der Waals surface area contributed by atoms with Crippen LogP contribution in [0.3, 0.4) is 0 Å². The number of halogens is 3. The number of alkyl halides is 3. The summed E-state index contributed by atoms with van der Waals surface area (Å²) in [6.07, 6.45) is -3.35. The van der Waals surface area contributed by atoms with Gasteiger partial charge in [-0.05, 0) is 0 Å². The first-order valence-electron chi connectivity index (χ1n) is 5.36. The molecule has 1 rings (SSSR count). The number of nitrogens with two attached hydrogens (primary N) is 3. The van der Waals surface area contributed by atoms with Crippen LogP contribution in [0.5, 0.6) is 0 Å². The van der Waals surface area contributed by atoms with Gasteiger partial charge >= 0.3 is 6.36 Å². The lowest BCUT2D eigenvalue weighted by Gasteiger charge is -2.14. The number of carbonyl (C=O) groups is 2. The van der Waals surface area contributed by atoms with E-state index < -0.39 is 24.8 Å². The molecule has 0 unspecified atom stereocenters. The average molecular weight is 312 g/mol. The van der Waals surface area contributed by atoms with E-state index in [4.69, 9.17) is 17.3 Å². The van der Waals surface area contributed by atoms with Crippen molar-refractivity contribution in [3.8, 4) is 0 Å². The van der Waals surface area contributed by atoms with E-state index in [1.54, 1.807) is 0 Å². The predicted octanol–water partition coefficient (Wildman–Crippen LogP) is -0.664. The van der Waals surface area contributed by atoms with Gasteiger partial charge in [-0.15, -0.1) is 13.2 Å². The lowest BCUT2D eigenvalue weighted by atomic mass is 10.4. The van der Waals surface area contributed by atoms with E-state index in [-0.39, 0.29) is 18.1 Å². The van der Waals surface area contributed by atoms with Crippen molar-refractivity contribution in [1.82, 2.24) is 15.0 Å². The molecule has 0 saturated carbocycles. The third kappa shape index (κ3) is 8.43. The van der Waals surface area contributed by atoms with Gasteiger partial charge in [0.05, 0.1) is 19.5 Å². The molecule has 0 saturated heterocycles. The summed E-state index contributed by atoms with van der Waals surface area (Å²) < 4.78 is 37.4. The maximum atomic E-state index is 11.3. The second-order valence-corrected chi connectivity index (χ2v) is 3.53. The second kappa shape index (κ2) is 8.06. The third-order valence-corrected chi connectivity index (χ3v) is 1.92. The normalized spacial score (nSPS) is 10.5. The molecule has 0 aliphatic rings. The Labute approximate surface area is 117 Å². The highest BCUT2D eigenvalue weighted by Gasteiger charge is 2.28. The number of carbonyl (C=O) groups excluding carboxylic acids is 2. The van der Waals surface area contributed by atoms with Crippen molar-refractivity contribution >= 4 is 17.6 Å². The number of ether oxygens (including phenoxy) is 1. The summed E-state index contributed by atoms with van der Waals surface area (Å²) in [5.74, 6) is 4.02. The zero-order valence-electron chi connectivity index (χ0n) is 11.0. The van der Waals surface area contributed by atoms with Gasteiger partial charge in [0, 0.05) is 6.92 Å². The molecule has 120 valence electrons. The van der Waals surface area contributed by atoms with Gasteiger partial charge < -0.3 is 16.5 Å². The first kappa shape index (κ1) is 18.7. The molecule has 0 spiro atoms. The maximum Gasteiger partial charge on any atom is 0.522 e. The van der Waals surface area contributed by atoms with Crippen LogP contribution in [-0.2, 0) is 9.53 Å². The Hall–Kier alpha value is -2.34. The van der Waals surface area contributed by atoms with Crippen LogP contribution >= 0.6 is 0 Å². The van der Waals surface area contributed by atoms with E-state index in [2.05, 4.69) is 14.7 Å². The molecule has 12 heteroatoms. The fourth-order valence-electron chi connectivity index (χ4n) is 0.919. The highest BCUT2D eigenvalue weighted by Crippen LogP contribution is 2.15. The lowest BCUT2D eigenvalue weighted by molar-refractivity contribution is -0.324. The van der Waals surface area contributed by atoms with Gasteiger partial charge in [0.25, 0.3) is 5.91 Å². The number of aromatic nitrogens is 2. The number of nitrogens with zero attached hydrogens (tertiary/aromatic N) is 2. The van der Waals surface area contributed by atoms with Crippen molar-refractivity contribution in [2.75, 3.05) is 18.9 Å². The summed E-state index contributed by atoms with van der Waals surface area (Å²) >= 11 is 0. The minimum atomic E-state index is -4.67. The van der Waals surface area contributed by atoms with E-state index in [0.717, 1.165) is 6.92 Å². The zero-order valence-corrected chi connectivity index (χ0v) is 11.0. The van der Waals surface area contributed by atoms with Crippen LogP contribution < -0.4 is 17.3 Å². The molecule has 7 N–H and O–H groups in total. The quantitative estimate of drug-likeness (QED) is 0.329. The summed E-state index contributed by atoms with van der Waals surface area (Å²) in [5, 5.41) is 0.645. The van der Waals surface area contributed by atoms with Gasteiger partial charge in [0.1, 0.15) is 5.69 Å². The largest absolute Gasteiger partial charge is 0.522 e. The molecule has 0 radical (unpaired) electrons. The Morgan fingerprint density at radius 1 is 1.48 bits per heavy atom. The summed E-state index contributed by atoms with van der Waals surface area (Å²) in [4.78, 5) is 26.8. The summed E-state index contributed by atoms with van der Waals surface area (Å²) in [5.41, 5.74) is 10.2. The molecule has 0 atom stereocenters. The SMILES string of the molecule is CC(=O)N(N)CCOC(F)(F)F.NC(=O)c1[nH]cnc1N. The minimum Gasteiger partial charge on any atom is -0.382 e. The Morgan fingerprint density at radius 2 is 2.05 bits per heavy atom. The standard InChI is InChI=1S/C5H9F3N2O2.C4H6N4O/c1-4(11)10(9)2-3-12-5(6,7)8;5-3-2(4(6)9)7-1-8-3/h2-3,9H2,1H3;1H,5H2,(H2,6,9)(H,7,8). The van der Waals surface area contributed by atoms with E-state index in [1.165, 1.54) is 6.33 Å². The van der Waals surface area contributed by atoms with Crippen molar-refractivity contribution in [3.05, 3.63) is 12.0 Å². The molecular formula is C9H15F3N6O3. The molecule has 0 aliphatic heterocycles. The average Bonchev–Trinajstić information content (AvgIpc) is 2.74. The van der Waals surface area contributed by atoms with E-state index in [9.17, 15) is 22.8 Å². The number of aromatic amines is 1. The van der Waals surface area contributed by atoms with E-state index in [1.807, 2.05) is 0 Å². The molecule has 0 bridgehead atoms. The number of primary amides is 1. The fourth-order valence-corrected chi connectivity index (χ4v) is 0.919. The van der Waals surface area contributed by atoms with Crippen molar-refractivity contribution in [2.24, 2.45) is 11.6 Å². The summed E-state index contributed by atoms with van der Waals surface area (Å²) in [6.45, 7) is 0.210. The molecule has 1 aromatic heterocycles. The van der Waals surface area contributed by atoms with Gasteiger partial charge in [-0.2, -0.15) is 0 Å². The highest BCUT2D eigenvalue weighted by atomic mass is 19.4. The first-order valence-corrected chi connectivity index (χ1v) is 5.36. The Morgan fingerprint density at radius 3 is 2.33 bits per heavy atom. The van der Waals surface area contributed by atoms with Gasteiger partial charge in [-0.1, -0.05) is 0 Å². The van der Waals surface area contributed by atoms with E-state index >= 15 is 0 Å². The third-order valence-electron chi connectivity index (χ3n) is 1.92. The Balaban J connectivity index is 0.000000394. The van der Waals surface area contributed by atoms with Gasteiger partial charge in [0.15, 0.2) is 5.82 Å². The molecule has 9 nitrogen and oxygen atoms in total. The number of H-pyrrole nitrogens is 1. The van der Waals surface area contributed by atoms with Crippen molar-refractivity contribution in [1.29, 1.82) is 0 Å². The number of imidazole rings is 1.